The van der Waals surface area contributed by atoms with E-state index in [9.17, 15) is 14.9 Å². The Labute approximate surface area is 116 Å². The number of carbonyl (C=O) groups excluding carboxylic acids is 1. The molecule has 8 nitrogen and oxygen atoms in total. The van der Waals surface area contributed by atoms with E-state index in [1.54, 1.807) is 13.1 Å². The molecule has 2 heterocycles. The molecule has 3 N–H and O–H groups in total. The highest BCUT2D eigenvalue weighted by atomic mass is 16.6. The Kier molecular flexibility index (Phi) is 4.02. The van der Waals surface area contributed by atoms with Crippen LogP contribution in [0.25, 0.3) is 0 Å². The van der Waals surface area contributed by atoms with Crippen LogP contribution < -0.4 is 16.0 Å². The number of nitrogens with two attached hydrogens (primary N) is 1. The number of hydrogen-bond donors (Lipinski definition) is 2. The number of pyridine rings is 1. The van der Waals surface area contributed by atoms with Gasteiger partial charge in [-0.3, -0.25) is 14.9 Å². The molecule has 1 fully saturated rings. The second-order valence-corrected chi connectivity index (χ2v) is 4.71. The molecule has 0 saturated carbocycles. The van der Waals surface area contributed by atoms with Crippen LogP contribution >= 0.6 is 0 Å². The molecule has 1 aromatic rings. The van der Waals surface area contributed by atoms with E-state index in [1.807, 2.05) is 4.90 Å². The van der Waals surface area contributed by atoms with Crippen molar-refractivity contribution < 1.29 is 9.72 Å². The summed E-state index contributed by atoms with van der Waals surface area (Å²) < 4.78 is 0. The summed E-state index contributed by atoms with van der Waals surface area (Å²) in [6.07, 6.45) is 1.47. The highest BCUT2D eigenvalue weighted by molar-refractivity contribution is 5.78. The van der Waals surface area contributed by atoms with Gasteiger partial charge in [0.1, 0.15) is 5.82 Å². The van der Waals surface area contributed by atoms with Gasteiger partial charge in [0.15, 0.2) is 0 Å². The monoisotopic (exact) mass is 279 g/mol. The van der Waals surface area contributed by atoms with Crippen LogP contribution in [0, 0.1) is 16.0 Å². The fourth-order valence-corrected chi connectivity index (χ4v) is 2.36. The number of rotatable bonds is 3. The number of hydrogen-bond acceptors (Lipinski definition) is 6. The van der Waals surface area contributed by atoms with E-state index in [1.165, 1.54) is 6.07 Å². The standard InChI is InChI=1S/C12H17N5O3/c1-14-12(18)8-4-6-16(7-5-8)10-3-2-9(17(19)20)11(13)15-10/h2-3,8H,4-7H2,1H3,(H2,13,15)(H,14,18). The molecule has 0 spiro atoms. The number of nitrogens with one attached hydrogen (secondary N) is 1. The Morgan fingerprint density at radius 1 is 1.50 bits per heavy atom. The zero-order valence-electron chi connectivity index (χ0n) is 11.2. The second-order valence-electron chi connectivity index (χ2n) is 4.71. The highest BCUT2D eigenvalue weighted by Crippen LogP contribution is 2.26. The van der Waals surface area contributed by atoms with Gasteiger partial charge in [-0.2, -0.15) is 0 Å². The normalized spacial score (nSPS) is 15.9. The van der Waals surface area contributed by atoms with Crippen molar-refractivity contribution in [3.8, 4) is 0 Å². The van der Waals surface area contributed by atoms with E-state index in [4.69, 9.17) is 5.73 Å². The predicted molar refractivity (Wildman–Crippen MR) is 74.3 cm³/mol. The lowest BCUT2D eigenvalue weighted by Gasteiger charge is -2.31. The SMILES string of the molecule is CNC(=O)C1CCN(c2ccc([N+](=O)[O-])c(N)n2)CC1. The molecular weight excluding hydrogens is 262 g/mol. The molecule has 108 valence electrons. The molecule has 0 bridgehead atoms. The first kappa shape index (κ1) is 14.0. The van der Waals surface area contributed by atoms with E-state index < -0.39 is 4.92 Å². The first-order valence-corrected chi connectivity index (χ1v) is 6.40. The summed E-state index contributed by atoms with van der Waals surface area (Å²) in [5.74, 6) is 0.608. The van der Waals surface area contributed by atoms with E-state index in [2.05, 4.69) is 10.3 Å². The maximum atomic E-state index is 11.5. The van der Waals surface area contributed by atoms with Crippen molar-refractivity contribution >= 4 is 23.2 Å². The fraction of sp³-hybridized carbons (Fsp3) is 0.500. The Morgan fingerprint density at radius 2 is 2.15 bits per heavy atom. The number of nitrogen functional groups attached to an aromatic ring is 1. The summed E-state index contributed by atoms with van der Waals surface area (Å²) in [6, 6.07) is 2.96. The zero-order valence-corrected chi connectivity index (χ0v) is 11.2. The van der Waals surface area contributed by atoms with Crippen molar-refractivity contribution in [3.05, 3.63) is 22.2 Å². The van der Waals surface area contributed by atoms with E-state index in [-0.39, 0.29) is 23.3 Å². The molecule has 0 unspecified atom stereocenters. The molecule has 20 heavy (non-hydrogen) atoms. The second kappa shape index (κ2) is 5.72. The Morgan fingerprint density at radius 3 is 2.65 bits per heavy atom. The van der Waals surface area contributed by atoms with Gasteiger partial charge < -0.3 is 16.0 Å². The Bertz CT molecular complexity index is 526. The zero-order chi connectivity index (χ0) is 14.7. The number of aromatic nitrogens is 1. The largest absolute Gasteiger partial charge is 0.378 e. The number of nitro groups is 1. The molecule has 0 aromatic carbocycles. The van der Waals surface area contributed by atoms with Gasteiger partial charge in [-0.15, -0.1) is 0 Å². The molecule has 1 amide bonds. The van der Waals surface area contributed by atoms with Crippen LogP contribution in [0.2, 0.25) is 0 Å². The van der Waals surface area contributed by atoms with Crippen molar-refractivity contribution in [2.24, 2.45) is 5.92 Å². The van der Waals surface area contributed by atoms with Crippen molar-refractivity contribution in [1.82, 2.24) is 10.3 Å². The number of carbonyl (C=O) groups is 1. The average Bonchev–Trinajstić information content (AvgIpc) is 2.46. The smallest absolute Gasteiger partial charge is 0.311 e. The van der Waals surface area contributed by atoms with Crippen LogP contribution in [-0.4, -0.2) is 36.0 Å². The third-order valence-electron chi connectivity index (χ3n) is 3.52. The van der Waals surface area contributed by atoms with Gasteiger partial charge in [0.2, 0.25) is 11.7 Å². The molecule has 0 aliphatic carbocycles. The molecule has 0 atom stereocenters. The summed E-state index contributed by atoms with van der Waals surface area (Å²) in [5.41, 5.74) is 5.40. The lowest BCUT2D eigenvalue weighted by molar-refractivity contribution is -0.384. The van der Waals surface area contributed by atoms with Crippen LogP contribution in [0.3, 0.4) is 0 Å². The third kappa shape index (κ3) is 2.79. The minimum atomic E-state index is -0.552. The maximum Gasteiger partial charge on any atom is 0.311 e. The van der Waals surface area contributed by atoms with Crippen molar-refractivity contribution in [2.45, 2.75) is 12.8 Å². The van der Waals surface area contributed by atoms with Crippen LogP contribution in [-0.2, 0) is 4.79 Å². The molecular formula is C12H17N5O3. The van der Waals surface area contributed by atoms with Gasteiger partial charge in [-0.1, -0.05) is 0 Å². The highest BCUT2D eigenvalue weighted by Gasteiger charge is 2.25. The Balaban J connectivity index is 2.06. The number of nitrogens with zero attached hydrogens (tertiary/aromatic N) is 3. The van der Waals surface area contributed by atoms with Gasteiger partial charge in [0.25, 0.3) is 0 Å². The summed E-state index contributed by atoms with van der Waals surface area (Å²) >= 11 is 0. The minimum Gasteiger partial charge on any atom is -0.378 e. The molecule has 0 radical (unpaired) electrons. The third-order valence-corrected chi connectivity index (χ3v) is 3.52. The molecule has 1 aliphatic rings. The average molecular weight is 279 g/mol. The summed E-state index contributed by atoms with van der Waals surface area (Å²) in [6.45, 7) is 1.37. The quantitative estimate of drug-likeness (QED) is 0.616. The van der Waals surface area contributed by atoms with Crippen LogP contribution in [0.4, 0.5) is 17.3 Å². The molecule has 8 heteroatoms. The summed E-state index contributed by atoms with van der Waals surface area (Å²) in [4.78, 5) is 27.7. The number of anilines is 2. The van der Waals surface area contributed by atoms with Gasteiger partial charge in [0, 0.05) is 32.1 Å². The first-order valence-electron chi connectivity index (χ1n) is 6.40. The lowest BCUT2D eigenvalue weighted by atomic mass is 9.96. The maximum absolute atomic E-state index is 11.5. The van der Waals surface area contributed by atoms with Crippen LogP contribution in [0.15, 0.2) is 12.1 Å². The predicted octanol–water partition coefficient (Wildman–Crippen LogP) is 0.534. The van der Waals surface area contributed by atoms with Gasteiger partial charge in [0.05, 0.1) is 4.92 Å². The van der Waals surface area contributed by atoms with Crippen molar-refractivity contribution in [1.29, 1.82) is 0 Å². The molecule has 2 rings (SSSR count). The number of amides is 1. The molecule has 1 aliphatic heterocycles. The van der Waals surface area contributed by atoms with E-state index in [0.717, 1.165) is 12.8 Å². The van der Waals surface area contributed by atoms with Crippen LogP contribution in [0.5, 0.6) is 0 Å². The topological polar surface area (TPSA) is 114 Å². The van der Waals surface area contributed by atoms with Gasteiger partial charge >= 0.3 is 5.69 Å². The fourth-order valence-electron chi connectivity index (χ4n) is 2.36. The Hall–Kier alpha value is -2.38. The minimum absolute atomic E-state index is 0.0200. The number of piperidine rings is 1. The van der Waals surface area contributed by atoms with E-state index in [0.29, 0.717) is 18.9 Å². The molecule has 1 aromatic heterocycles. The summed E-state index contributed by atoms with van der Waals surface area (Å²) in [5, 5.41) is 13.3. The van der Waals surface area contributed by atoms with Crippen LogP contribution in [0.1, 0.15) is 12.8 Å². The lowest BCUT2D eigenvalue weighted by Crippen LogP contribution is -2.39. The van der Waals surface area contributed by atoms with Crippen molar-refractivity contribution in [2.75, 3.05) is 30.8 Å². The van der Waals surface area contributed by atoms with E-state index >= 15 is 0 Å². The first-order chi connectivity index (χ1) is 9.52. The van der Waals surface area contributed by atoms with Crippen molar-refractivity contribution in [3.63, 3.8) is 0 Å². The molecule has 1 saturated heterocycles. The van der Waals surface area contributed by atoms with Gasteiger partial charge in [-0.25, -0.2) is 4.98 Å². The van der Waals surface area contributed by atoms with Gasteiger partial charge in [-0.05, 0) is 18.9 Å². The summed E-state index contributed by atoms with van der Waals surface area (Å²) in [7, 11) is 1.63.